The van der Waals surface area contributed by atoms with Crippen molar-refractivity contribution in [1.82, 2.24) is 15.6 Å². The average Bonchev–Trinajstić information content (AvgIpc) is 2.88. The van der Waals surface area contributed by atoms with Crippen LogP contribution in [-0.2, 0) is 9.59 Å². The molecule has 0 saturated heterocycles. The summed E-state index contributed by atoms with van der Waals surface area (Å²) in [4.78, 5) is 30.7. The van der Waals surface area contributed by atoms with Crippen molar-refractivity contribution in [3.63, 3.8) is 0 Å². The molecule has 37 heavy (non-hydrogen) atoms. The van der Waals surface area contributed by atoms with E-state index in [1.807, 2.05) is 19.2 Å². The van der Waals surface area contributed by atoms with Gasteiger partial charge in [0, 0.05) is 18.8 Å². The van der Waals surface area contributed by atoms with Crippen LogP contribution in [0.4, 0.5) is 30.5 Å². The molecule has 4 N–H and O–H groups in total. The molecule has 1 aliphatic heterocycles. The van der Waals surface area contributed by atoms with Gasteiger partial charge in [-0.2, -0.15) is 8.78 Å². The molecule has 0 saturated carbocycles. The van der Waals surface area contributed by atoms with Crippen molar-refractivity contribution in [2.75, 3.05) is 24.3 Å². The molecule has 2 heterocycles. The zero-order valence-corrected chi connectivity index (χ0v) is 20.6. The van der Waals surface area contributed by atoms with Gasteiger partial charge in [-0.3, -0.25) is 14.9 Å². The predicted octanol–water partition coefficient (Wildman–Crippen LogP) is 4.23. The molecule has 0 unspecified atom stereocenters. The number of pyridine rings is 1. The van der Waals surface area contributed by atoms with Crippen molar-refractivity contribution < 1.29 is 32.2 Å². The SMILES string of the molecule is C=C(NC(=Nc1ccc2c(n1)NC(=O)C(F)(F)O2)/C(F)=C\C)Nc1cccc(OCC(=O)NC)c1.CC. The predicted molar refractivity (Wildman–Crippen MR) is 134 cm³/mol. The summed E-state index contributed by atoms with van der Waals surface area (Å²) in [5, 5.41) is 9.92. The Balaban J connectivity index is 0.00000235. The Bertz CT molecular complexity index is 1220. The monoisotopic (exact) mass is 520 g/mol. The summed E-state index contributed by atoms with van der Waals surface area (Å²) in [7, 11) is 1.49. The summed E-state index contributed by atoms with van der Waals surface area (Å²) in [6, 6.07) is 8.94. The quantitative estimate of drug-likeness (QED) is 0.303. The van der Waals surface area contributed by atoms with Crippen LogP contribution in [-0.4, -0.2) is 42.4 Å². The Hall–Kier alpha value is -4.55. The maximum absolute atomic E-state index is 14.5. The number of aromatic nitrogens is 1. The molecular weight excluding hydrogens is 493 g/mol. The molecule has 0 radical (unpaired) electrons. The van der Waals surface area contributed by atoms with Gasteiger partial charge < -0.3 is 25.4 Å². The van der Waals surface area contributed by atoms with E-state index in [1.165, 1.54) is 20.0 Å². The van der Waals surface area contributed by atoms with E-state index >= 15 is 0 Å². The lowest BCUT2D eigenvalue weighted by Crippen LogP contribution is -2.43. The minimum absolute atomic E-state index is 0.102. The van der Waals surface area contributed by atoms with Crippen LogP contribution in [0.2, 0.25) is 0 Å². The average molecular weight is 521 g/mol. The Morgan fingerprint density at radius 3 is 2.70 bits per heavy atom. The second-order valence-corrected chi connectivity index (χ2v) is 6.90. The van der Waals surface area contributed by atoms with E-state index in [0.29, 0.717) is 11.4 Å². The van der Waals surface area contributed by atoms with Crippen molar-refractivity contribution in [3.8, 4) is 11.5 Å². The first kappa shape index (κ1) is 28.7. The number of amides is 2. The van der Waals surface area contributed by atoms with Gasteiger partial charge in [0.15, 0.2) is 35.7 Å². The number of nitrogens with one attached hydrogen (secondary N) is 4. The van der Waals surface area contributed by atoms with E-state index in [-0.39, 0.29) is 41.6 Å². The van der Waals surface area contributed by atoms with E-state index in [2.05, 4.69) is 37.2 Å². The lowest BCUT2D eigenvalue weighted by Gasteiger charge is -2.23. The van der Waals surface area contributed by atoms with Gasteiger partial charge in [-0.1, -0.05) is 26.5 Å². The number of likely N-dealkylation sites (N-methyl/N-ethyl adjacent to an activating group) is 1. The van der Waals surface area contributed by atoms with Crippen LogP contribution in [0, 0.1) is 0 Å². The van der Waals surface area contributed by atoms with Crippen molar-refractivity contribution >= 4 is 35.0 Å². The van der Waals surface area contributed by atoms with Crippen LogP contribution in [0.5, 0.6) is 11.5 Å². The lowest BCUT2D eigenvalue weighted by atomic mass is 10.3. The van der Waals surface area contributed by atoms with Crippen LogP contribution >= 0.6 is 0 Å². The van der Waals surface area contributed by atoms with Crippen LogP contribution in [0.1, 0.15) is 20.8 Å². The van der Waals surface area contributed by atoms with E-state index in [4.69, 9.17) is 4.74 Å². The summed E-state index contributed by atoms with van der Waals surface area (Å²) in [6.07, 6.45) is -2.90. The zero-order valence-electron chi connectivity index (χ0n) is 20.6. The van der Waals surface area contributed by atoms with E-state index < -0.39 is 17.8 Å². The van der Waals surface area contributed by atoms with E-state index in [0.717, 1.165) is 12.1 Å². The van der Waals surface area contributed by atoms with Gasteiger partial charge in [-0.15, -0.1) is 0 Å². The molecule has 0 bridgehead atoms. The third-order valence-electron chi connectivity index (χ3n) is 4.33. The molecule has 13 heteroatoms. The largest absolute Gasteiger partial charge is 0.484 e. The Morgan fingerprint density at radius 1 is 1.30 bits per heavy atom. The number of nitrogens with zero attached hydrogens (tertiary/aromatic N) is 2. The second kappa shape index (κ2) is 13.0. The van der Waals surface area contributed by atoms with Gasteiger partial charge in [0.1, 0.15) is 11.6 Å². The van der Waals surface area contributed by atoms with Crippen molar-refractivity contribution in [2.24, 2.45) is 4.99 Å². The highest BCUT2D eigenvalue weighted by molar-refractivity contribution is 6.00. The summed E-state index contributed by atoms with van der Waals surface area (Å²) in [5.41, 5.74) is 0.518. The number of halogens is 3. The summed E-state index contributed by atoms with van der Waals surface area (Å²) in [5.74, 6) is -3.25. The first-order valence-electron chi connectivity index (χ1n) is 11.1. The molecule has 2 aromatic rings. The van der Waals surface area contributed by atoms with Crippen molar-refractivity contribution in [2.45, 2.75) is 26.9 Å². The normalized spacial score (nSPS) is 14.1. The number of aliphatic imine (C=N–C) groups is 1. The second-order valence-electron chi connectivity index (χ2n) is 6.90. The highest BCUT2D eigenvalue weighted by Gasteiger charge is 2.46. The molecule has 3 rings (SSSR count). The third kappa shape index (κ3) is 7.98. The number of carbonyl (C=O) groups is 2. The van der Waals surface area contributed by atoms with Crippen LogP contribution in [0.15, 0.2) is 65.7 Å². The molecular formula is C24H27F3N6O4. The van der Waals surface area contributed by atoms with E-state index in [1.54, 1.807) is 24.3 Å². The van der Waals surface area contributed by atoms with Gasteiger partial charge in [0.2, 0.25) is 0 Å². The molecule has 0 spiro atoms. The van der Waals surface area contributed by atoms with E-state index in [9.17, 15) is 22.8 Å². The van der Waals surface area contributed by atoms with Crippen molar-refractivity contribution in [1.29, 1.82) is 0 Å². The number of amidine groups is 1. The van der Waals surface area contributed by atoms with Crippen LogP contribution in [0.25, 0.3) is 0 Å². The number of anilines is 2. The minimum atomic E-state index is -4.03. The number of hydrogen-bond donors (Lipinski definition) is 4. The van der Waals surface area contributed by atoms with Crippen molar-refractivity contribution in [3.05, 3.63) is 60.7 Å². The number of carbonyl (C=O) groups excluding carboxylic acids is 2. The number of fused-ring (bicyclic) bond motifs is 1. The lowest BCUT2D eigenvalue weighted by molar-refractivity contribution is -0.189. The third-order valence-corrected chi connectivity index (χ3v) is 4.33. The molecule has 0 aliphatic carbocycles. The number of rotatable bonds is 8. The molecule has 2 amide bonds. The molecule has 1 aromatic heterocycles. The fraction of sp³-hybridized carbons (Fsp3) is 0.250. The minimum Gasteiger partial charge on any atom is -0.484 e. The molecule has 1 aromatic carbocycles. The highest BCUT2D eigenvalue weighted by Crippen LogP contribution is 2.35. The Morgan fingerprint density at radius 2 is 2.03 bits per heavy atom. The standard InChI is InChI=1S/C22H21F3N6O4.C2H6/c1-4-15(23)19(29-17-9-8-16-20(30-17)31-21(33)22(24,25)35-16)28-12(2)27-13-6-5-7-14(10-13)34-11-18(32)26-3;1-2/h4-10,27H,2,11H2,1,3H3,(H,26,32)(H2,28,29,30,31,33);1-2H3/b15-4+;. The summed E-state index contributed by atoms with van der Waals surface area (Å²) < 4.78 is 50.9. The van der Waals surface area contributed by atoms with Gasteiger partial charge in [-0.05, 0) is 37.3 Å². The first-order valence-corrected chi connectivity index (χ1v) is 11.1. The first-order chi connectivity index (χ1) is 17.6. The van der Waals surface area contributed by atoms with Gasteiger partial charge in [-0.25, -0.2) is 14.4 Å². The van der Waals surface area contributed by atoms with Gasteiger partial charge in [0.25, 0.3) is 5.91 Å². The number of allylic oxidation sites excluding steroid dienone is 1. The Labute approximate surface area is 211 Å². The summed E-state index contributed by atoms with van der Waals surface area (Å²) in [6.45, 7) is 9.05. The fourth-order valence-corrected chi connectivity index (χ4v) is 2.66. The number of ether oxygens (including phenoxy) is 2. The maximum atomic E-state index is 14.5. The van der Waals surface area contributed by atoms with Crippen LogP contribution < -0.4 is 30.7 Å². The Kier molecular flexibility index (Phi) is 10.0. The summed E-state index contributed by atoms with van der Waals surface area (Å²) >= 11 is 0. The fourth-order valence-electron chi connectivity index (χ4n) is 2.66. The van der Waals surface area contributed by atoms with Gasteiger partial charge >= 0.3 is 12.0 Å². The molecule has 0 fully saturated rings. The molecule has 198 valence electrons. The highest BCUT2D eigenvalue weighted by atomic mass is 19.3. The maximum Gasteiger partial charge on any atom is 0.482 e. The number of alkyl halides is 2. The van der Waals surface area contributed by atoms with Crippen LogP contribution in [0.3, 0.4) is 0 Å². The smallest absolute Gasteiger partial charge is 0.482 e. The van der Waals surface area contributed by atoms with Gasteiger partial charge in [0.05, 0.1) is 0 Å². The number of benzene rings is 1. The zero-order chi connectivity index (χ0) is 27.6. The molecule has 10 nitrogen and oxygen atoms in total. The molecule has 0 atom stereocenters. The number of hydrogen-bond acceptors (Lipinski definition) is 7. The molecule has 1 aliphatic rings. The topological polar surface area (TPSA) is 126 Å².